The Hall–Kier alpha value is -0.830. The molecular formula is C8H11ClO3. The van der Waals surface area contributed by atoms with Gasteiger partial charge in [-0.15, -0.1) is 0 Å². The Morgan fingerprint density at radius 2 is 2.08 bits per heavy atom. The van der Waals surface area contributed by atoms with Crippen LogP contribution in [0.5, 0.6) is 0 Å². The van der Waals surface area contributed by atoms with Crippen LogP contribution < -0.4 is 0 Å². The molecule has 0 aromatic rings. The van der Waals surface area contributed by atoms with Crippen LogP contribution in [-0.2, 0) is 14.3 Å². The van der Waals surface area contributed by atoms with E-state index < -0.39 is 11.9 Å². The highest BCUT2D eigenvalue weighted by molar-refractivity contribution is 6.33. The molecule has 0 spiro atoms. The minimum absolute atomic E-state index is 0.000880. The second kappa shape index (κ2) is 4.93. The molecule has 68 valence electrons. The van der Waals surface area contributed by atoms with Crippen LogP contribution >= 0.6 is 11.6 Å². The van der Waals surface area contributed by atoms with Gasteiger partial charge < -0.3 is 4.74 Å². The lowest BCUT2D eigenvalue weighted by molar-refractivity contribution is -0.149. The first kappa shape index (κ1) is 11.2. The summed E-state index contributed by atoms with van der Waals surface area (Å²) in [6.45, 7) is 6.48. The number of ketones is 1. The van der Waals surface area contributed by atoms with E-state index >= 15 is 0 Å². The van der Waals surface area contributed by atoms with E-state index in [0.717, 1.165) is 0 Å². The Bertz CT molecular complexity index is 196. The standard InChI is InChI=1S/C8H11ClO3/c1-4-12-8(11)7(5(2)9)6(3)10/h7H,2,4H2,1,3H3. The fourth-order valence-electron chi connectivity index (χ4n) is 0.740. The summed E-state index contributed by atoms with van der Waals surface area (Å²) in [5, 5.41) is 0.000880. The topological polar surface area (TPSA) is 43.4 Å². The van der Waals surface area contributed by atoms with Gasteiger partial charge in [-0.3, -0.25) is 9.59 Å². The van der Waals surface area contributed by atoms with E-state index in [2.05, 4.69) is 11.3 Å². The third-order valence-electron chi connectivity index (χ3n) is 1.24. The molecular weight excluding hydrogens is 180 g/mol. The zero-order chi connectivity index (χ0) is 9.72. The predicted octanol–water partition coefficient (Wildman–Crippen LogP) is 1.51. The van der Waals surface area contributed by atoms with Gasteiger partial charge in [0.15, 0.2) is 0 Å². The maximum Gasteiger partial charge on any atom is 0.321 e. The minimum Gasteiger partial charge on any atom is -0.465 e. The normalized spacial score (nSPS) is 11.9. The molecule has 0 radical (unpaired) electrons. The molecule has 0 amide bonds. The molecule has 0 aliphatic rings. The summed E-state index contributed by atoms with van der Waals surface area (Å²) >= 11 is 5.45. The van der Waals surface area contributed by atoms with Crippen molar-refractivity contribution in [2.24, 2.45) is 5.92 Å². The number of hydrogen-bond donors (Lipinski definition) is 0. The molecule has 12 heavy (non-hydrogen) atoms. The first-order chi connectivity index (χ1) is 5.50. The molecule has 3 nitrogen and oxygen atoms in total. The van der Waals surface area contributed by atoms with Crippen LogP contribution in [0.15, 0.2) is 11.6 Å². The molecule has 0 heterocycles. The number of hydrogen-bond acceptors (Lipinski definition) is 3. The van der Waals surface area contributed by atoms with Crippen LogP contribution in [0, 0.1) is 5.92 Å². The number of esters is 1. The van der Waals surface area contributed by atoms with Gasteiger partial charge in [0.2, 0.25) is 0 Å². The largest absolute Gasteiger partial charge is 0.465 e. The van der Waals surface area contributed by atoms with Gasteiger partial charge in [-0.1, -0.05) is 18.2 Å². The Balaban J connectivity index is 4.41. The number of Topliss-reactive ketones (excluding diaryl/α,β-unsaturated/α-hetero) is 1. The van der Waals surface area contributed by atoms with Gasteiger partial charge in [-0.05, 0) is 13.8 Å². The van der Waals surface area contributed by atoms with Crippen molar-refractivity contribution in [2.75, 3.05) is 6.61 Å². The van der Waals surface area contributed by atoms with Gasteiger partial charge in [-0.2, -0.15) is 0 Å². The third kappa shape index (κ3) is 3.05. The summed E-state index contributed by atoms with van der Waals surface area (Å²) in [5.41, 5.74) is 0. The van der Waals surface area contributed by atoms with E-state index in [1.807, 2.05) is 0 Å². The molecule has 0 bridgehead atoms. The number of ether oxygens (including phenoxy) is 1. The van der Waals surface area contributed by atoms with E-state index in [0.29, 0.717) is 0 Å². The molecule has 0 saturated heterocycles. The zero-order valence-corrected chi connectivity index (χ0v) is 7.85. The molecule has 0 aromatic heterocycles. The fourth-order valence-corrected chi connectivity index (χ4v) is 0.983. The summed E-state index contributed by atoms with van der Waals surface area (Å²) in [5.74, 6) is -2.01. The van der Waals surface area contributed by atoms with Crippen LogP contribution in [0.4, 0.5) is 0 Å². The van der Waals surface area contributed by atoms with Crippen molar-refractivity contribution >= 4 is 23.4 Å². The second-order valence-electron chi connectivity index (χ2n) is 2.24. The van der Waals surface area contributed by atoms with E-state index in [1.54, 1.807) is 6.92 Å². The molecule has 0 N–H and O–H groups in total. The van der Waals surface area contributed by atoms with Crippen molar-refractivity contribution in [1.82, 2.24) is 0 Å². The summed E-state index contributed by atoms with van der Waals surface area (Å²) in [4.78, 5) is 21.9. The highest BCUT2D eigenvalue weighted by Crippen LogP contribution is 2.15. The highest BCUT2D eigenvalue weighted by Gasteiger charge is 2.26. The molecule has 0 rings (SSSR count). The Morgan fingerprint density at radius 1 is 1.58 bits per heavy atom. The first-order valence-corrected chi connectivity index (χ1v) is 3.89. The van der Waals surface area contributed by atoms with E-state index in [4.69, 9.17) is 11.6 Å². The second-order valence-corrected chi connectivity index (χ2v) is 2.73. The summed E-state index contributed by atoms with van der Waals surface area (Å²) in [6, 6.07) is 0. The Labute approximate surface area is 76.3 Å². The van der Waals surface area contributed by atoms with Crippen molar-refractivity contribution in [3.8, 4) is 0 Å². The summed E-state index contributed by atoms with van der Waals surface area (Å²) in [6.07, 6.45) is 0. The smallest absolute Gasteiger partial charge is 0.321 e. The van der Waals surface area contributed by atoms with Crippen LogP contribution in [0.25, 0.3) is 0 Å². The van der Waals surface area contributed by atoms with Crippen molar-refractivity contribution in [2.45, 2.75) is 13.8 Å². The maximum absolute atomic E-state index is 11.0. The van der Waals surface area contributed by atoms with E-state index in [-0.39, 0.29) is 17.4 Å². The third-order valence-corrected chi connectivity index (χ3v) is 1.46. The SMILES string of the molecule is C=C(Cl)C(C(C)=O)C(=O)OCC. The zero-order valence-electron chi connectivity index (χ0n) is 7.09. The van der Waals surface area contributed by atoms with Gasteiger partial charge in [0, 0.05) is 5.03 Å². The van der Waals surface area contributed by atoms with Crippen molar-refractivity contribution in [1.29, 1.82) is 0 Å². The van der Waals surface area contributed by atoms with Gasteiger partial charge in [0.1, 0.15) is 11.7 Å². The van der Waals surface area contributed by atoms with Gasteiger partial charge in [-0.25, -0.2) is 0 Å². The Kier molecular flexibility index (Phi) is 4.59. The summed E-state index contributed by atoms with van der Waals surface area (Å²) < 4.78 is 4.62. The van der Waals surface area contributed by atoms with Crippen LogP contribution in [0.1, 0.15) is 13.8 Å². The molecule has 0 aliphatic carbocycles. The molecule has 0 aliphatic heterocycles. The number of carbonyl (C=O) groups is 2. The fraction of sp³-hybridized carbons (Fsp3) is 0.500. The van der Waals surface area contributed by atoms with Crippen LogP contribution in [0.2, 0.25) is 0 Å². The van der Waals surface area contributed by atoms with Crippen LogP contribution in [-0.4, -0.2) is 18.4 Å². The minimum atomic E-state index is -1.02. The number of halogens is 1. The lowest BCUT2D eigenvalue weighted by atomic mass is 10.1. The predicted molar refractivity (Wildman–Crippen MR) is 45.8 cm³/mol. The summed E-state index contributed by atoms with van der Waals surface area (Å²) in [7, 11) is 0. The van der Waals surface area contributed by atoms with Crippen molar-refractivity contribution < 1.29 is 14.3 Å². The van der Waals surface area contributed by atoms with Gasteiger partial charge in [0.25, 0.3) is 0 Å². The van der Waals surface area contributed by atoms with Gasteiger partial charge in [0.05, 0.1) is 6.61 Å². The van der Waals surface area contributed by atoms with E-state index in [1.165, 1.54) is 6.92 Å². The number of carbonyl (C=O) groups excluding carboxylic acids is 2. The molecule has 1 atom stereocenters. The quantitative estimate of drug-likeness (QED) is 0.499. The van der Waals surface area contributed by atoms with Crippen molar-refractivity contribution in [3.63, 3.8) is 0 Å². The number of rotatable bonds is 4. The molecule has 1 unspecified atom stereocenters. The highest BCUT2D eigenvalue weighted by atomic mass is 35.5. The lowest BCUT2D eigenvalue weighted by Gasteiger charge is -2.09. The molecule has 4 heteroatoms. The monoisotopic (exact) mass is 190 g/mol. The van der Waals surface area contributed by atoms with Crippen LogP contribution in [0.3, 0.4) is 0 Å². The molecule has 0 aromatic carbocycles. The molecule has 0 fully saturated rings. The maximum atomic E-state index is 11.0. The van der Waals surface area contributed by atoms with Gasteiger partial charge >= 0.3 is 5.97 Å². The average Bonchev–Trinajstić information content (AvgIpc) is 1.85. The van der Waals surface area contributed by atoms with E-state index in [9.17, 15) is 9.59 Å². The first-order valence-electron chi connectivity index (χ1n) is 3.52. The molecule has 0 saturated carbocycles. The lowest BCUT2D eigenvalue weighted by Crippen LogP contribution is -2.24. The average molecular weight is 191 g/mol. The van der Waals surface area contributed by atoms with Crippen molar-refractivity contribution in [3.05, 3.63) is 11.6 Å². The Morgan fingerprint density at radius 3 is 2.33 bits per heavy atom.